The topological polar surface area (TPSA) is 49.4 Å². The van der Waals surface area contributed by atoms with Crippen molar-refractivity contribution in [2.75, 3.05) is 19.6 Å². The summed E-state index contributed by atoms with van der Waals surface area (Å²) in [5.74, 6) is -0.849. The summed E-state index contributed by atoms with van der Waals surface area (Å²) in [6.45, 7) is 6.85. The number of nitrogens with zero attached hydrogens (tertiary/aromatic N) is 1. The first kappa shape index (κ1) is 21.3. The Balaban J connectivity index is 2.24. The van der Waals surface area contributed by atoms with E-state index >= 15 is 0 Å². The van der Waals surface area contributed by atoms with Gasteiger partial charge in [-0.05, 0) is 24.0 Å². The second-order valence-electron chi connectivity index (χ2n) is 7.46. The summed E-state index contributed by atoms with van der Waals surface area (Å²) in [6.07, 6.45) is -3.32. The molecule has 2 amide bonds. The summed E-state index contributed by atoms with van der Waals surface area (Å²) < 4.78 is 39.2. The lowest BCUT2D eigenvalue weighted by Gasteiger charge is -2.19. The Labute approximate surface area is 158 Å². The van der Waals surface area contributed by atoms with Gasteiger partial charge < -0.3 is 10.2 Å². The van der Waals surface area contributed by atoms with E-state index in [0.717, 1.165) is 18.6 Å². The molecule has 1 fully saturated rings. The van der Waals surface area contributed by atoms with Crippen molar-refractivity contribution in [1.29, 1.82) is 0 Å². The number of likely N-dealkylation sites (tertiary alicyclic amines) is 1. The van der Waals surface area contributed by atoms with Crippen LogP contribution in [0.15, 0.2) is 24.3 Å². The van der Waals surface area contributed by atoms with Crippen molar-refractivity contribution < 1.29 is 22.8 Å². The van der Waals surface area contributed by atoms with Crippen molar-refractivity contribution in [2.24, 2.45) is 11.8 Å². The number of carbonyl (C=O) groups excluding carboxylic acids is 2. The van der Waals surface area contributed by atoms with Crippen LogP contribution in [-0.4, -0.2) is 36.3 Å². The molecule has 0 spiro atoms. The predicted molar refractivity (Wildman–Crippen MR) is 97.0 cm³/mol. The summed E-state index contributed by atoms with van der Waals surface area (Å²) in [6, 6.07) is 5.08. The Kier molecular flexibility index (Phi) is 6.89. The van der Waals surface area contributed by atoms with Gasteiger partial charge >= 0.3 is 6.18 Å². The van der Waals surface area contributed by atoms with Gasteiger partial charge in [0.2, 0.25) is 11.8 Å². The molecule has 0 radical (unpaired) electrons. The molecule has 0 aromatic heterocycles. The van der Waals surface area contributed by atoms with Crippen molar-refractivity contribution in [2.45, 2.75) is 45.7 Å². The van der Waals surface area contributed by atoms with Crippen LogP contribution in [0, 0.1) is 11.8 Å². The van der Waals surface area contributed by atoms with E-state index in [1.165, 1.54) is 6.07 Å². The number of hydrogen-bond acceptors (Lipinski definition) is 2. The molecular formula is C20H27F3N2O2. The molecule has 0 aliphatic carbocycles. The van der Waals surface area contributed by atoms with Crippen molar-refractivity contribution in [3.05, 3.63) is 35.4 Å². The quantitative estimate of drug-likeness (QED) is 0.811. The van der Waals surface area contributed by atoms with Crippen LogP contribution in [0.4, 0.5) is 13.2 Å². The molecular weight excluding hydrogens is 357 g/mol. The zero-order chi connectivity index (χ0) is 20.2. The van der Waals surface area contributed by atoms with Gasteiger partial charge in [0.25, 0.3) is 0 Å². The van der Waals surface area contributed by atoms with E-state index in [-0.39, 0.29) is 24.9 Å². The molecule has 0 saturated carbocycles. The predicted octanol–water partition coefficient (Wildman–Crippen LogP) is 3.82. The third kappa shape index (κ3) is 5.47. The fourth-order valence-corrected chi connectivity index (χ4v) is 3.40. The van der Waals surface area contributed by atoms with Crippen molar-refractivity contribution in [1.82, 2.24) is 10.2 Å². The molecule has 27 heavy (non-hydrogen) atoms. The first-order valence-electron chi connectivity index (χ1n) is 9.36. The fourth-order valence-electron chi connectivity index (χ4n) is 3.40. The van der Waals surface area contributed by atoms with Crippen molar-refractivity contribution >= 4 is 11.8 Å². The van der Waals surface area contributed by atoms with Crippen LogP contribution < -0.4 is 5.32 Å². The monoisotopic (exact) mass is 384 g/mol. The molecule has 1 aliphatic heterocycles. The minimum Gasteiger partial charge on any atom is -0.356 e. The minimum atomic E-state index is -4.44. The lowest BCUT2D eigenvalue weighted by Crippen LogP contribution is -2.36. The molecule has 2 atom stereocenters. The molecule has 2 rings (SSSR count). The summed E-state index contributed by atoms with van der Waals surface area (Å²) in [7, 11) is 0. The van der Waals surface area contributed by atoms with Gasteiger partial charge in [-0.3, -0.25) is 9.59 Å². The maximum atomic E-state index is 13.1. The number of benzene rings is 1. The van der Waals surface area contributed by atoms with Gasteiger partial charge in [0, 0.05) is 32.0 Å². The van der Waals surface area contributed by atoms with Crippen molar-refractivity contribution in [3.8, 4) is 0 Å². The van der Waals surface area contributed by atoms with E-state index < -0.39 is 23.6 Å². The van der Waals surface area contributed by atoms with E-state index in [0.29, 0.717) is 24.4 Å². The molecule has 1 aromatic rings. The summed E-state index contributed by atoms with van der Waals surface area (Å²) >= 11 is 0. The second-order valence-corrected chi connectivity index (χ2v) is 7.46. The van der Waals surface area contributed by atoms with Crippen molar-refractivity contribution in [3.63, 3.8) is 0 Å². The average molecular weight is 384 g/mol. The van der Waals surface area contributed by atoms with Gasteiger partial charge in [0.1, 0.15) is 0 Å². The highest BCUT2D eigenvalue weighted by Crippen LogP contribution is 2.36. The van der Waals surface area contributed by atoms with Crippen LogP contribution in [0.3, 0.4) is 0 Å². The lowest BCUT2D eigenvalue weighted by molar-refractivity contribution is -0.137. The van der Waals surface area contributed by atoms with Gasteiger partial charge in [-0.25, -0.2) is 0 Å². The Bertz CT molecular complexity index is 673. The Hall–Kier alpha value is -2.05. The Morgan fingerprint density at radius 3 is 2.56 bits per heavy atom. The fraction of sp³-hybridized carbons (Fsp3) is 0.600. The number of halogens is 3. The second kappa shape index (κ2) is 8.76. The highest BCUT2D eigenvalue weighted by Gasteiger charge is 2.40. The number of nitrogens with one attached hydrogen (secondary N) is 1. The normalized spacial score (nSPS) is 20.2. The first-order valence-corrected chi connectivity index (χ1v) is 9.36. The third-order valence-electron chi connectivity index (χ3n) is 4.97. The largest absolute Gasteiger partial charge is 0.416 e. The average Bonchev–Trinajstić information content (AvgIpc) is 3.05. The summed E-state index contributed by atoms with van der Waals surface area (Å²) in [4.78, 5) is 26.4. The zero-order valence-corrected chi connectivity index (χ0v) is 16.0. The number of carbonyl (C=O) groups is 2. The Morgan fingerprint density at radius 2 is 1.96 bits per heavy atom. The lowest BCUT2D eigenvalue weighted by atomic mass is 9.87. The minimum absolute atomic E-state index is 0.0931. The van der Waals surface area contributed by atoms with Crippen LogP contribution >= 0.6 is 0 Å². The van der Waals surface area contributed by atoms with E-state index in [4.69, 9.17) is 0 Å². The molecule has 0 bridgehead atoms. The SMILES string of the molecule is CCC(=O)N1C[C@H](C(=O)NCCC(C)C)[C@H](c2cccc(C(F)(F)F)c2)C1. The van der Waals surface area contributed by atoms with E-state index in [1.807, 2.05) is 0 Å². The molecule has 4 nitrogen and oxygen atoms in total. The van der Waals surface area contributed by atoms with E-state index in [2.05, 4.69) is 19.2 Å². The number of amides is 2. The highest BCUT2D eigenvalue weighted by molar-refractivity contribution is 5.83. The van der Waals surface area contributed by atoms with Crippen LogP contribution in [0.25, 0.3) is 0 Å². The third-order valence-corrected chi connectivity index (χ3v) is 4.97. The number of hydrogen-bond donors (Lipinski definition) is 1. The smallest absolute Gasteiger partial charge is 0.356 e. The van der Waals surface area contributed by atoms with Crippen LogP contribution in [0.1, 0.15) is 50.7 Å². The number of alkyl halides is 3. The van der Waals surface area contributed by atoms with Gasteiger partial charge in [0.15, 0.2) is 0 Å². The molecule has 1 aliphatic rings. The summed E-state index contributed by atoms with van der Waals surface area (Å²) in [5.41, 5.74) is -0.292. The van der Waals surface area contributed by atoms with Gasteiger partial charge in [-0.2, -0.15) is 13.2 Å². The van der Waals surface area contributed by atoms with Crippen LogP contribution in [-0.2, 0) is 15.8 Å². The van der Waals surface area contributed by atoms with Gasteiger partial charge in [-0.15, -0.1) is 0 Å². The van der Waals surface area contributed by atoms with Gasteiger partial charge in [-0.1, -0.05) is 39.0 Å². The Morgan fingerprint density at radius 1 is 1.26 bits per heavy atom. The molecule has 7 heteroatoms. The van der Waals surface area contributed by atoms with Gasteiger partial charge in [0.05, 0.1) is 11.5 Å². The molecule has 1 aromatic carbocycles. The summed E-state index contributed by atoms with van der Waals surface area (Å²) in [5, 5.41) is 2.88. The standard InChI is InChI=1S/C20H27F3N2O2/c1-4-18(26)25-11-16(14-6-5-7-15(10-14)20(21,22)23)17(12-25)19(27)24-9-8-13(2)3/h5-7,10,13,16-17H,4,8-9,11-12H2,1-3H3,(H,24,27)/t16-,17-/m0/s1. The van der Waals surface area contributed by atoms with Crippen LogP contribution in [0.5, 0.6) is 0 Å². The molecule has 1 heterocycles. The molecule has 1 N–H and O–H groups in total. The van der Waals surface area contributed by atoms with Crippen LogP contribution in [0.2, 0.25) is 0 Å². The molecule has 1 saturated heterocycles. The highest BCUT2D eigenvalue weighted by atomic mass is 19.4. The maximum Gasteiger partial charge on any atom is 0.416 e. The molecule has 150 valence electrons. The van der Waals surface area contributed by atoms with E-state index in [1.54, 1.807) is 17.9 Å². The van der Waals surface area contributed by atoms with E-state index in [9.17, 15) is 22.8 Å². The first-order chi connectivity index (χ1) is 12.6. The molecule has 0 unspecified atom stereocenters. The number of rotatable bonds is 6. The zero-order valence-electron chi connectivity index (χ0n) is 16.0. The maximum absolute atomic E-state index is 13.1.